The van der Waals surface area contributed by atoms with E-state index in [-0.39, 0.29) is 5.78 Å². The zero-order chi connectivity index (χ0) is 17.2. The van der Waals surface area contributed by atoms with Crippen molar-refractivity contribution < 1.29 is 9.36 Å². The molecule has 0 N–H and O–H groups in total. The number of aromatic nitrogens is 1. The van der Waals surface area contributed by atoms with E-state index in [0.29, 0.717) is 12.5 Å². The number of hydrogen-bond acceptors (Lipinski definition) is 1. The molecule has 0 unspecified atom stereocenters. The van der Waals surface area contributed by atoms with Gasteiger partial charge in [-0.3, -0.25) is 4.79 Å². The minimum Gasteiger partial charge on any atom is -0.287 e. The predicted molar refractivity (Wildman–Crippen MR) is 99.2 cm³/mol. The second kappa shape index (κ2) is 10.0. The Balaban J connectivity index is 2.01. The lowest BCUT2D eigenvalue weighted by Crippen LogP contribution is -2.37. The first-order valence-corrected chi connectivity index (χ1v) is 9.31. The van der Waals surface area contributed by atoms with Gasteiger partial charge in [0.1, 0.15) is 0 Å². The molecule has 2 aromatic rings. The first-order chi connectivity index (χ1) is 11.7. The molecule has 0 atom stereocenters. The van der Waals surface area contributed by atoms with E-state index < -0.39 is 0 Å². The molecule has 0 saturated heterocycles. The molecule has 0 amide bonds. The molecule has 128 valence electrons. The lowest BCUT2D eigenvalue weighted by atomic mass is 9.89. The Morgan fingerprint density at radius 2 is 1.50 bits per heavy atom. The number of Topliss-reactive ketones (excluding diaryl/α,β-unsaturated/α-hetero) is 1. The van der Waals surface area contributed by atoms with Gasteiger partial charge in [0.2, 0.25) is 12.3 Å². The van der Waals surface area contributed by atoms with E-state index in [0.717, 1.165) is 5.56 Å². The third-order valence-electron chi connectivity index (χ3n) is 4.62. The maximum absolute atomic E-state index is 12.3. The zero-order valence-electron chi connectivity index (χ0n) is 15.1. The zero-order valence-corrected chi connectivity index (χ0v) is 15.1. The van der Waals surface area contributed by atoms with E-state index in [1.807, 2.05) is 34.9 Å². The second-order valence-electron chi connectivity index (χ2n) is 6.57. The number of hydrogen-bond donors (Lipinski definition) is 0. The molecule has 1 heterocycles. The number of pyridine rings is 1. The molecule has 0 bridgehead atoms. The summed E-state index contributed by atoms with van der Waals surface area (Å²) < 4.78 is 1.98. The van der Waals surface area contributed by atoms with Crippen LogP contribution in [0.25, 0.3) is 0 Å². The van der Waals surface area contributed by atoms with E-state index in [4.69, 9.17) is 0 Å². The van der Waals surface area contributed by atoms with Crippen molar-refractivity contribution >= 4 is 5.78 Å². The molecule has 0 fully saturated rings. The molecule has 0 aliphatic heterocycles. The van der Waals surface area contributed by atoms with Crippen LogP contribution in [-0.4, -0.2) is 5.78 Å². The molecular formula is C22H30NO+. The highest BCUT2D eigenvalue weighted by Crippen LogP contribution is 2.26. The Kier molecular flexibility index (Phi) is 7.67. The summed E-state index contributed by atoms with van der Waals surface area (Å²) in [6.07, 6.45) is 11.7. The van der Waals surface area contributed by atoms with Crippen molar-refractivity contribution in [3.63, 3.8) is 0 Å². The van der Waals surface area contributed by atoms with Crippen molar-refractivity contribution in [3.8, 4) is 0 Å². The highest BCUT2D eigenvalue weighted by molar-refractivity contribution is 5.94. The summed E-state index contributed by atoms with van der Waals surface area (Å²) in [4.78, 5) is 12.3. The van der Waals surface area contributed by atoms with Crippen LogP contribution in [-0.2, 0) is 6.54 Å². The summed E-state index contributed by atoms with van der Waals surface area (Å²) in [5, 5.41) is 0. The van der Waals surface area contributed by atoms with Crippen LogP contribution in [0.4, 0.5) is 0 Å². The fourth-order valence-electron chi connectivity index (χ4n) is 3.11. The van der Waals surface area contributed by atoms with Gasteiger partial charge in [-0.1, -0.05) is 69.9 Å². The molecule has 0 saturated carbocycles. The van der Waals surface area contributed by atoms with Crippen molar-refractivity contribution in [3.05, 3.63) is 66.0 Å². The number of nitrogens with zero attached hydrogens (tertiary/aromatic N) is 1. The maximum atomic E-state index is 12.3. The van der Waals surface area contributed by atoms with Crippen LogP contribution in [0.2, 0.25) is 0 Å². The minimum absolute atomic E-state index is 0.155. The average molecular weight is 324 g/mol. The Morgan fingerprint density at radius 1 is 0.917 bits per heavy atom. The van der Waals surface area contributed by atoms with Crippen molar-refractivity contribution in [1.29, 1.82) is 0 Å². The third-order valence-corrected chi connectivity index (χ3v) is 4.62. The van der Waals surface area contributed by atoms with E-state index >= 15 is 0 Å². The van der Waals surface area contributed by atoms with Crippen molar-refractivity contribution in [1.82, 2.24) is 0 Å². The van der Waals surface area contributed by atoms with E-state index in [2.05, 4.69) is 38.4 Å². The monoisotopic (exact) mass is 324 g/mol. The van der Waals surface area contributed by atoms with Crippen LogP contribution < -0.4 is 4.57 Å². The number of carbonyl (C=O) groups is 1. The standard InChI is InChI=1S/C22H30NO/c1-3-5-10-19(11-6-4-2)20-14-16-23(17-15-20)18-22(24)21-12-8-7-9-13-21/h7-9,12-17,19H,3-6,10-11,18H2,1-2H3/q+1. The second-order valence-corrected chi connectivity index (χ2v) is 6.57. The smallest absolute Gasteiger partial charge is 0.227 e. The molecule has 2 rings (SSSR count). The fraction of sp³-hybridized carbons (Fsp3) is 0.455. The van der Waals surface area contributed by atoms with E-state index in [9.17, 15) is 4.79 Å². The first-order valence-electron chi connectivity index (χ1n) is 9.31. The molecule has 2 nitrogen and oxygen atoms in total. The summed E-state index contributed by atoms with van der Waals surface area (Å²) in [7, 11) is 0. The lowest BCUT2D eigenvalue weighted by molar-refractivity contribution is -0.683. The quantitative estimate of drug-likeness (QED) is 0.428. The SMILES string of the molecule is CCCCC(CCCC)c1cc[n+](CC(=O)c2ccccc2)cc1. The topological polar surface area (TPSA) is 20.9 Å². The minimum atomic E-state index is 0.155. The van der Waals surface area contributed by atoms with Gasteiger partial charge < -0.3 is 0 Å². The van der Waals surface area contributed by atoms with Crippen LogP contribution in [0.3, 0.4) is 0 Å². The summed E-state index contributed by atoms with van der Waals surface area (Å²) in [5.41, 5.74) is 2.19. The van der Waals surface area contributed by atoms with Crippen molar-refractivity contribution in [2.75, 3.05) is 0 Å². The summed E-state index contributed by atoms with van der Waals surface area (Å²) in [6, 6.07) is 13.9. The van der Waals surface area contributed by atoms with Gasteiger partial charge >= 0.3 is 0 Å². The summed E-state index contributed by atoms with van der Waals surface area (Å²) in [5.74, 6) is 0.811. The molecule has 0 spiro atoms. The van der Waals surface area contributed by atoms with Gasteiger partial charge in [-0.25, -0.2) is 0 Å². The van der Waals surface area contributed by atoms with Gasteiger partial charge in [0.15, 0.2) is 12.4 Å². The largest absolute Gasteiger partial charge is 0.287 e. The molecule has 1 aromatic carbocycles. The van der Waals surface area contributed by atoms with Crippen LogP contribution in [0, 0.1) is 0 Å². The van der Waals surface area contributed by atoms with E-state index in [1.54, 1.807) is 0 Å². The number of rotatable bonds is 10. The average Bonchev–Trinajstić information content (AvgIpc) is 2.63. The molecule has 0 radical (unpaired) electrons. The van der Waals surface area contributed by atoms with Gasteiger partial charge in [-0.2, -0.15) is 4.57 Å². The van der Waals surface area contributed by atoms with Gasteiger partial charge in [-0.15, -0.1) is 0 Å². The van der Waals surface area contributed by atoms with Gasteiger partial charge in [-0.05, 0) is 24.3 Å². The van der Waals surface area contributed by atoms with Crippen LogP contribution in [0.5, 0.6) is 0 Å². The van der Waals surface area contributed by atoms with Crippen LogP contribution in [0.1, 0.15) is 74.2 Å². The van der Waals surface area contributed by atoms with Gasteiger partial charge in [0, 0.05) is 17.7 Å². The number of carbonyl (C=O) groups excluding carboxylic acids is 1. The van der Waals surface area contributed by atoms with E-state index in [1.165, 1.54) is 44.1 Å². The molecule has 2 heteroatoms. The van der Waals surface area contributed by atoms with Crippen LogP contribution >= 0.6 is 0 Å². The first kappa shape index (κ1) is 18.4. The normalized spacial score (nSPS) is 11.0. The Labute approximate surface area is 146 Å². The summed E-state index contributed by atoms with van der Waals surface area (Å²) in [6.45, 7) is 4.91. The van der Waals surface area contributed by atoms with Crippen molar-refractivity contribution in [2.45, 2.75) is 64.8 Å². The predicted octanol–water partition coefficient (Wildman–Crippen LogP) is 5.32. The highest BCUT2D eigenvalue weighted by atomic mass is 16.1. The van der Waals surface area contributed by atoms with Gasteiger partial charge in [0.05, 0.1) is 0 Å². The van der Waals surface area contributed by atoms with Crippen molar-refractivity contribution in [2.24, 2.45) is 0 Å². The maximum Gasteiger partial charge on any atom is 0.227 e. The molecular weight excluding hydrogens is 294 g/mol. The molecule has 24 heavy (non-hydrogen) atoms. The number of unbranched alkanes of at least 4 members (excludes halogenated alkanes) is 2. The Bertz CT molecular complexity index is 596. The number of ketones is 1. The molecule has 1 aromatic heterocycles. The molecule has 0 aliphatic carbocycles. The lowest BCUT2D eigenvalue weighted by Gasteiger charge is -2.16. The summed E-state index contributed by atoms with van der Waals surface area (Å²) >= 11 is 0. The Hall–Kier alpha value is -1.96. The Morgan fingerprint density at radius 3 is 2.04 bits per heavy atom. The fourth-order valence-corrected chi connectivity index (χ4v) is 3.11. The van der Waals surface area contributed by atoms with Crippen LogP contribution in [0.15, 0.2) is 54.9 Å². The number of benzene rings is 1. The van der Waals surface area contributed by atoms with Gasteiger partial charge in [0.25, 0.3) is 0 Å². The highest BCUT2D eigenvalue weighted by Gasteiger charge is 2.15. The molecule has 0 aliphatic rings. The third kappa shape index (κ3) is 5.59.